The number of hydrogen-bond donors (Lipinski definition) is 2. The van der Waals surface area contributed by atoms with Gasteiger partial charge in [-0.15, -0.1) is 0 Å². The smallest absolute Gasteiger partial charge is 0.306 e. The Morgan fingerprint density at radius 2 is 1.02 bits per heavy atom. The Morgan fingerprint density at radius 3 is 1.52 bits per heavy atom. The zero-order valence-corrected chi connectivity index (χ0v) is 27.5. The lowest BCUT2D eigenvalue weighted by molar-refractivity contribution is -0.144. The molecule has 0 aromatic rings. The van der Waals surface area contributed by atoms with Crippen LogP contribution >= 0.6 is 0 Å². The standard InChI is InChI=1S/C38H66O4/c1-3-5-7-8-9-10-11-12-13-14-15-16-20-23-26-29-33-36(38(41)42)35(31-6-4-2)32-28-25-22-19-17-18-21-24-27-30-34-37(39)40/h9-10,12-13,15-16,23,26,35-36H,3-8,11,14,17-22,24-25,27-34H2,1-2H3,(H,39,40)(H,41,42)/i37+2. The number of hydrogen-bond acceptors (Lipinski definition) is 2. The zero-order chi connectivity index (χ0) is 30.9. The summed E-state index contributed by atoms with van der Waals surface area (Å²) in [5, 5.41) is 18.7. The van der Waals surface area contributed by atoms with Crippen molar-refractivity contribution >= 4 is 11.9 Å². The first kappa shape index (κ1) is 39.9. The van der Waals surface area contributed by atoms with Crippen LogP contribution in [0.5, 0.6) is 0 Å². The van der Waals surface area contributed by atoms with Crippen LogP contribution < -0.4 is 0 Å². The largest absolute Gasteiger partial charge is 0.481 e. The Hall–Kier alpha value is -2.10. The van der Waals surface area contributed by atoms with Gasteiger partial charge >= 0.3 is 11.9 Å². The van der Waals surface area contributed by atoms with Gasteiger partial charge in [-0.05, 0) is 70.1 Å². The third-order valence-corrected chi connectivity index (χ3v) is 8.13. The van der Waals surface area contributed by atoms with Crippen LogP contribution in [0.1, 0.15) is 168 Å². The van der Waals surface area contributed by atoms with Crippen molar-refractivity contribution in [2.75, 3.05) is 0 Å². The number of carboxylic acid groups (broad SMARTS) is 2. The highest BCUT2D eigenvalue weighted by atomic mass is 16.6. The summed E-state index contributed by atoms with van der Waals surface area (Å²) >= 11 is 0. The summed E-state index contributed by atoms with van der Waals surface area (Å²) in [4.78, 5) is 22.7. The lowest BCUT2D eigenvalue weighted by Gasteiger charge is -2.24. The second kappa shape index (κ2) is 31.8. The molecule has 42 heavy (non-hydrogen) atoms. The normalized spacial score (nSPS) is 13.7. The minimum Gasteiger partial charge on any atom is -0.481 e. The Balaban J connectivity index is 4.14. The molecule has 242 valence electrons. The van der Waals surface area contributed by atoms with Gasteiger partial charge in [0.25, 0.3) is 0 Å². The molecule has 0 radical (unpaired) electrons. The average molecular weight is 589 g/mol. The Kier molecular flexibility index (Phi) is 30.2. The van der Waals surface area contributed by atoms with E-state index in [0.29, 0.717) is 12.3 Å². The first-order valence-electron chi connectivity index (χ1n) is 17.6. The molecule has 0 aliphatic heterocycles. The minimum absolute atomic E-state index is 0.233. The predicted octanol–water partition coefficient (Wildman–Crippen LogP) is 12.0. The van der Waals surface area contributed by atoms with E-state index in [-0.39, 0.29) is 5.92 Å². The first-order chi connectivity index (χ1) is 20.5. The maximum atomic E-state index is 12.2. The van der Waals surface area contributed by atoms with Crippen molar-refractivity contribution < 1.29 is 19.8 Å². The van der Waals surface area contributed by atoms with E-state index in [1.165, 1.54) is 64.2 Å². The van der Waals surface area contributed by atoms with E-state index in [0.717, 1.165) is 83.5 Å². The summed E-state index contributed by atoms with van der Waals surface area (Å²) in [5.74, 6) is -1.24. The maximum Gasteiger partial charge on any atom is 0.306 e. The van der Waals surface area contributed by atoms with Crippen molar-refractivity contribution in [3.63, 3.8) is 0 Å². The molecule has 0 fully saturated rings. The monoisotopic (exact) mass is 588 g/mol. The highest BCUT2D eigenvalue weighted by molar-refractivity contribution is 5.70. The van der Waals surface area contributed by atoms with E-state index >= 15 is 0 Å². The van der Waals surface area contributed by atoms with Crippen LogP contribution in [0.25, 0.3) is 0 Å². The topological polar surface area (TPSA) is 74.6 Å². The highest BCUT2D eigenvalue weighted by Gasteiger charge is 2.26. The Bertz CT molecular complexity index is 733. The van der Waals surface area contributed by atoms with Crippen molar-refractivity contribution in [2.24, 2.45) is 11.8 Å². The average Bonchev–Trinajstić information content (AvgIpc) is 2.97. The molecule has 0 saturated carbocycles. The molecule has 2 N–H and O–H groups in total. The SMILES string of the molecule is CCCCCC=CCC=CCC=CCC=CCCC(C(=O)O)C(CCCC)CCCCCCCCCCCC[14C](=O)O. The molecule has 0 aromatic carbocycles. The van der Waals surface area contributed by atoms with E-state index in [2.05, 4.69) is 62.5 Å². The molecule has 4 heteroatoms. The van der Waals surface area contributed by atoms with Crippen LogP contribution in [0.15, 0.2) is 48.6 Å². The van der Waals surface area contributed by atoms with Crippen LogP contribution in [0.2, 0.25) is 0 Å². The second-order valence-corrected chi connectivity index (χ2v) is 12.0. The molecule has 0 aromatic heterocycles. The van der Waals surface area contributed by atoms with Crippen LogP contribution in [0.4, 0.5) is 0 Å². The summed E-state index contributed by atoms with van der Waals surface area (Å²) in [6.07, 6.45) is 43.4. The lowest BCUT2D eigenvalue weighted by Crippen LogP contribution is -2.24. The van der Waals surface area contributed by atoms with Gasteiger partial charge in [0.2, 0.25) is 0 Å². The molecular weight excluding hydrogens is 522 g/mol. The van der Waals surface area contributed by atoms with Crippen LogP contribution in [-0.4, -0.2) is 22.2 Å². The zero-order valence-electron chi connectivity index (χ0n) is 27.5. The third kappa shape index (κ3) is 28.0. The first-order valence-corrected chi connectivity index (χ1v) is 17.6. The van der Waals surface area contributed by atoms with Crippen molar-refractivity contribution in [2.45, 2.75) is 168 Å². The number of aliphatic carboxylic acids is 2. The van der Waals surface area contributed by atoms with Gasteiger partial charge in [-0.2, -0.15) is 0 Å². The van der Waals surface area contributed by atoms with E-state index in [9.17, 15) is 14.7 Å². The van der Waals surface area contributed by atoms with Gasteiger partial charge < -0.3 is 10.2 Å². The molecule has 0 rings (SSSR count). The number of allylic oxidation sites excluding steroid dienone is 8. The third-order valence-electron chi connectivity index (χ3n) is 8.13. The number of rotatable bonds is 31. The quantitative estimate of drug-likeness (QED) is 0.0624. The number of carboxylic acids is 2. The Labute approximate surface area is 259 Å². The van der Waals surface area contributed by atoms with Crippen molar-refractivity contribution in [3.05, 3.63) is 48.6 Å². The van der Waals surface area contributed by atoms with E-state index < -0.39 is 11.9 Å². The predicted molar refractivity (Wildman–Crippen MR) is 181 cm³/mol. The van der Waals surface area contributed by atoms with Gasteiger partial charge in [0.05, 0.1) is 5.92 Å². The van der Waals surface area contributed by atoms with Gasteiger partial charge in [0, 0.05) is 6.42 Å². The van der Waals surface area contributed by atoms with E-state index in [1.54, 1.807) is 0 Å². The molecule has 0 spiro atoms. The summed E-state index contributed by atoms with van der Waals surface area (Å²) in [6, 6.07) is 0. The summed E-state index contributed by atoms with van der Waals surface area (Å²) in [7, 11) is 0. The molecule has 0 saturated heterocycles. The highest BCUT2D eigenvalue weighted by Crippen LogP contribution is 2.29. The van der Waals surface area contributed by atoms with Gasteiger partial charge in [-0.3, -0.25) is 9.59 Å². The number of carbonyl (C=O) groups is 2. The summed E-state index contributed by atoms with van der Waals surface area (Å²) in [5.41, 5.74) is 0. The molecule has 2 atom stereocenters. The summed E-state index contributed by atoms with van der Waals surface area (Å²) < 4.78 is 0. The Morgan fingerprint density at radius 1 is 0.571 bits per heavy atom. The molecule has 0 bridgehead atoms. The van der Waals surface area contributed by atoms with Crippen molar-refractivity contribution in [1.29, 1.82) is 0 Å². The second-order valence-electron chi connectivity index (χ2n) is 12.0. The molecular formula is C38H66O4. The van der Waals surface area contributed by atoms with E-state index in [4.69, 9.17) is 5.11 Å². The number of unbranched alkanes of at least 4 members (excludes halogenated alkanes) is 13. The van der Waals surface area contributed by atoms with Crippen LogP contribution in [0, 0.1) is 11.8 Å². The molecule has 0 heterocycles. The van der Waals surface area contributed by atoms with Crippen LogP contribution in [0.3, 0.4) is 0 Å². The van der Waals surface area contributed by atoms with Gasteiger partial charge in [-0.25, -0.2) is 0 Å². The lowest BCUT2D eigenvalue weighted by atomic mass is 9.81. The van der Waals surface area contributed by atoms with Gasteiger partial charge in [0.15, 0.2) is 0 Å². The van der Waals surface area contributed by atoms with Gasteiger partial charge in [0.1, 0.15) is 0 Å². The minimum atomic E-state index is -0.687. The van der Waals surface area contributed by atoms with E-state index in [1.807, 2.05) is 0 Å². The van der Waals surface area contributed by atoms with Crippen molar-refractivity contribution in [1.82, 2.24) is 0 Å². The molecule has 0 aliphatic rings. The maximum absolute atomic E-state index is 12.2. The molecule has 0 aliphatic carbocycles. The summed E-state index contributed by atoms with van der Waals surface area (Å²) in [6.45, 7) is 4.43. The fraction of sp³-hybridized carbons (Fsp3) is 0.737. The van der Waals surface area contributed by atoms with Gasteiger partial charge in [-0.1, -0.05) is 146 Å². The fourth-order valence-corrected chi connectivity index (χ4v) is 5.51. The van der Waals surface area contributed by atoms with Crippen molar-refractivity contribution in [3.8, 4) is 0 Å². The fourth-order valence-electron chi connectivity index (χ4n) is 5.51. The molecule has 0 amide bonds. The molecule has 2 unspecified atom stereocenters. The molecule has 4 nitrogen and oxygen atoms in total. The van der Waals surface area contributed by atoms with Crippen LogP contribution in [-0.2, 0) is 9.59 Å².